The van der Waals surface area contributed by atoms with Gasteiger partial charge in [0.2, 0.25) is 5.95 Å². The number of benzene rings is 1. The Labute approximate surface area is 142 Å². The van der Waals surface area contributed by atoms with E-state index in [4.69, 9.17) is 11.6 Å². The molecule has 0 spiro atoms. The Morgan fingerprint density at radius 3 is 2.58 bits per heavy atom. The Morgan fingerprint density at radius 2 is 1.88 bits per heavy atom. The van der Waals surface area contributed by atoms with E-state index in [0.717, 1.165) is 31.7 Å². The lowest BCUT2D eigenvalue weighted by atomic mass is 10.1. The molecule has 1 aromatic heterocycles. The number of hydrogen-bond donors (Lipinski definition) is 2. The zero-order valence-corrected chi connectivity index (χ0v) is 13.5. The highest BCUT2D eigenvalue weighted by atomic mass is 35.5. The van der Waals surface area contributed by atoms with Gasteiger partial charge in [-0.25, -0.2) is 4.98 Å². The van der Waals surface area contributed by atoms with Crippen LogP contribution in [0.5, 0.6) is 0 Å². The standard InChI is InChI=1S/C16H16ClF3N4/c17-10-5-6-13(12(9-10)16(18,19)20)23-14-7-8-21-15(24-14)22-11-3-1-2-4-11/h5-9,11H,1-4H2,(H2,21,22,23,24). The fourth-order valence-electron chi connectivity index (χ4n) is 2.75. The van der Waals surface area contributed by atoms with Crippen LogP contribution in [0.1, 0.15) is 31.2 Å². The molecule has 24 heavy (non-hydrogen) atoms. The third kappa shape index (κ3) is 4.08. The molecule has 1 fully saturated rings. The SMILES string of the molecule is FC(F)(F)c1cc(Cl)ccc1Nc1ccnc(NC2CCCC2)n1. The van der Waals surface area contributed by atoms with E-state index in [1.807, 2.05) is 0 Å². The average Bonchev–Trinajstić information content (AvgIpc) is 3.01. The van der Waals surface area contributed by atoms with Crippen LogP contribution in [-0.2, 0) is 6.18 Å². The minimum atomic E-state index is -4.51. The van der Waals surface area contributed by atoms with Gasteiger partial charge in [0.15, 0.2) is 0 Å². The summed E-state index contributed by atoms with van der Waals surface area (Å²) in [5.74, 6) is 0.702. The molecular weight excluding hydrogens is 341 g/mol. The highest BCUT2D eigenvalue weighted by Gasteiger charge is 2.34. The summed E-state index contributed by atoms with van der Waals surface area (Å²) in [6.07, 6.45) is 1.43. The van der Waals surface area contributed by atoms with Crippen LogP contribution < -0.4 is 10.6 Å². The fraction of sp³-hybridized carbons (Fsp3) is 0.375. The number of anilines is 3. The van der Waals surface area contributed by atoms with E-state index in [0.29, 0.717) is 17.8 Å². The summed E-state index contributed by atoms with van der Waals surface area (Å²) in [5.41, 5.74) is -0.934. The van der Waals surface area contributed by atoms with E-state index in [2.05, 4.69) is 20.6 Å². The molecule has 2 aromatic rings. The van der Waals surface area contributed by atoms with Gasteiger partial charge >= 0.3 is 6.18 Å². The molecule has 0 bridgehead atoms. The fourth-order valence-corrected chi connectivity index (χ4v) is 2.92. The lowest BCUT2D eigenvalue weighted by molar-refractivity contribution is -0.136. The Hall–Kier alpha value is -2.02. The molecule has 0 amide bonds. The van der Waals surface area contributed by atoms with E-state index in [1.54, 1.807) is 0 Å². The highest BCUT2D eigenvalue weighted by molar-refractivity contribution is 6.30. The van der Waals surface area contributed by atoms with Crippen LogP contribution in [0.2, 0.25) is 5.02 Å². The Bertz CT molecular complexity index is 715. The van der Waals surface area contributed by atoms with Crippen molar-refractivity contribution in [3.63, 3.8) is 0 Å². The maximum absolute atomic E-state index is 13.1. The molecule has 0 aliphatic heterocycles. The molecular formula is C16H16ClF3N4. The second-order valence-corrected chi connectivity index (χ2v) is 6.14. The Morgan fingerprint density at radius 1 is 1.12 bits per heavy atom. The number of aromatic nitrogens is 2. The van der Waals surface area contributed by atoms with Gasteiger partial charge < -0.3 is 10.6 Å². The summed E-state index contributed by atoms with van der Waals surface area (Å²) >= 11 is 5.68. The highest BCUT2D eigenvalue weighted by Crippen LogP contribution is 2.37. The molecule has 4 nitrogen and oxygen atoms in total. The number of nitrogens with one attached hydrogen (secondary N) is 2. The first-order chi connectivity index (χ1) is 11.4. The average molecular weight is 357 g/mol. The normalized spacial score (nSPS) is 15.5. The summed E-state index contributed by atoms with van der Waals surface area (Å²) in [6.45, 7) is 0. The van der Waals surface area contributed by atoms with Gasteiger partial charge in [0, 0.05) is 17.3 Å². The van der Waals surface area contributed by atoms with Gasteiger partial charge in [0.25, 0.3) is 0 Å². The zero-order chi connectivity index (χ0) is 17.2. The first-order valence-corrected chi connectivity index (χ1v) is 8.03. The van der Waals surface area contributed by atoms with E-state index >= 15 is 0 Å². The van der Waals surface area contributed by atoms with Crippen molar-refractivity contribution in [2.45, 2.75) is 37.9 Å². The first kappa shape index (κ1) is 16.8. The molecule has 2 N–H and O–H groups in total. The van der Waals surface area contributed by atoms with E-state index in [9.17, 15) is 13.2 Å². The first-order valence-electron chi connectivity index (χ1n) is 7.65. The molecule has 1 aliphatic rings. The van der Waals surface area contributed by atoms with Gasteiger partial charge in [-0.1, -0.05) is 24.4 Å². The molecule has 8 heteroatoms. The van der Waals surface area contributed by atoms with Crippen molar-refractivity contribution in [3.8, 4) is 0 Å². The lowest BCUT2D eigenvalue weighted by Gasteiger charge is -2.16. The van der Waals surface area contributed by atoms with Gasteiger partial charge in [-0.15, -0.1) is 0 Å². The van der Waals surface area contributed by atoms with Crippen LogP contribution in [0.3, 0.4) is 0 Å². The maximum atomic E-state index is 13.1. The predicted octanol–water partition coefficient (Wildman–Crippen LogP) is 5.25. The van der Waals surface area contributed by atoms with Crippen LogP contribution in [0.15, 0.2) is 30.5 Å². The number of nitrogens with zero attached hydrogens (tertiary/aromatic N) is 2. The van der Waals surface area contributed by atoms with Crippen molar-refractivity contribution < 1.29 is 13.2 Å². The van der Waals surface area contributed by atoms with Crippen molar-refractivity contribution in [2.24, 2.45) is 0 Å². The molecule has 0 radical (unpaired) electrons. The third-order valence-electron chi connectivity index (χ3n) is 3.89. The summed E-state index contributed by atoms with van der Waals surface area (Å²) in [6, 6.07) is 5.42. The Kier molecular flexibility index (Phi) is 4.80. The molecule has 0 atom stereocenters. The molecule has 0 unspecified atom stereocenters. The minimum absolute atomic E-state index is 0.0270. The Balaban J connectivity index is 1.81. The van der Waals surface area contributed by atoms with Crippen molar-refractivity contribution in [1.29, 1.82) is 0 Å². The van der Waals surface area contributed by atoms with Gasteiger partial charge in [-0.2, -0.15) is 18.2 Å². The minimum Gasteiger partial charge on any atom is -0.351 e. The summed E-state index contributed by atoms with van der Waals surface area (Å²) in [4.78, 5) is 8.37. The maximum Gasteiger partial charge on any atom is 0.418 e. The van der Waals surface area contributed by atoms with E-state index in [-0.39, 0.29) is 10.7 Å². The molecule has 1 aromatic carbocycles. The van der Waals surface area contributed by atoms with Crippen molar-refractivity contribution in [1.82, 2.24) is 9.97 Å². The van der Waals surface area contributed by atoms with Crippen LogP contribution >= 0.6 is 11.6 Å². The second kappa shape index (κ2) is 6.84. The second-order valence-electron chi connectivity index (χ2n) is 5.70. The molecule has 3 rings (SSSR count). The van der Waals surface area contributed by atoms with Crippen molar-refractivity contribution in [2.75, 3.05) is 10.6 Å². The van der Waals surface area contributed by atoms with Gasteiger partial charge in [0.1, 0.15) is 5.82 Å². The molecule has 128 valence electrons. The van der Waals surface area contributed by atoms with Crippen LogP contribution in [0, 0.1) is 0 Å². The van der Waals surface area contributed by atoms with Gasteiger partial charge in [-0.05, 0) is 37.1 Å². The number of halogens is 4. The van der Waals surface area contributed by atoms with E-state index < -0.39 is 11.7 Å². The summed E-state index contributed by atoms with van der Waals surface area (Å²) in [7, 11) is 0. The number of rotatable bonds is 4. The molecule has 1 heterocycles. The number of alkyl halides is 3. The van der Waals surface area contributed by atoms with Crippen molar-refractivity contribution in [3.05, 3.63) is 41.0 Å². The monoisotopic (exact) mass is 356 g/mol. The predicted molar refractivity (Wildman–Crippen MR) is 87.6 cm³/mol. The van der Waals surface area contributed by atoms with E-state index in [1.165, 1.54) is 24.4 Å². The van der Waals surface area contributed by atoms with Crippen LogP contribution in [0.4, 0.5) is 30.6 Å². The quantitative estimate of drug-likeness (QED) is 0.785. The smallest absolute Gasteiger partial charge is 0.351 e. The topological polar surface area (TPSA) is 49.8 Å². The third-order valence-corrected chi connectivity index (χ3v) is 4.13. The van der Waals surface area contributed by atoms with Crippen molar-refractivity contribution >= 4 is 29.1 Å². The zero-order valence-electron chi connectivity index (χ0n) is 12.7. The van der Waals surface area contributed by atoms with Crippen LogP contribution in [-0.4, -0.2) is 16.0 Å². The summed E-state index contributed by atoms with van der Waals surface area (Å²) in [5, 5.41) is 5.94. The number of hydrogen-bond acceptors (Lipinski definition) is 4. The molecule has 0 saturated heterocycles. The van der Waals surface area contributed by atoms with Gasteiger partial charge in [0.05, 0.1) is 11.3 Å². The van der Waals surface area contributed by atoms with Gasteiger partial charge in [-0.3, -0.25) is 0 Å². The molecule has 1 saturated carbocycles. The summed E-state index contributed by atoms with van der Waals surface area (Å²) < 4.78 is 39.4. The lowest BCUT2D eigenvalue weighted by Crippen LogP contribution is -2.17. The van der Waals surface area contributed by atoms with Crippen LogP contribution in [0.25, 0.3) is 0 Å². The molecule has 1 aliphatic carbocycles. The largest absolute Gasteiger partial charge is 0.418 e.